The van der Waals surface area contributed by atoms with Crippen molar-refractivity contribution in [1.29, 1.82) is 0 Å². The van der Waals surface area contributed by atoms with Crippen molar-refractivity contribution in [2.75, 3.05) is 0 Å². The number of hydrogen-bond donors (Lipinski definition) is 0. The lowest BCUT2D eigenvalue weighted by Gasteiger charge is -2.33. The van der Waals surface area contributed by atoms with Crippen molar-refractivity contribution in [2.24, 2.45) is 4.40 Å². The van der Waals surface area contributed by atoms with Gasteiger partial charge in [0.05, 0.1) is 5.71 Å². The molecule has 142 valence electrons. The third kappa shape index (κ3) is 4.03. The fourth-order valence-corrected chi connectivity index (χ4v) is 4.65. The first-order chi connectivity index (χ1) is 14.3. The van der Waals surface area contributed by atoms with Gasteiger partial charge in [0.2, 0.25) is 0 Å². The summed E-state index contributed by atoms with van der Waals surface area (Å²) in [4.78, 5) is 0. The van der Waals surface area contributed by atoms with E-state index in [1.807, 2.05) is 6.07 Å². The Morgan fingerprint density at radius 1 is 0.552 bits per heavy atom. The van der Waals surface area contributed by atoms with Gasteiger partial charge in [-0.1, -0.05) is 121 Å². The molecule has 0 aromatic heterocycles. The molecule has 0 saturated carbocycles. The first-order valence-corrected chi connectivity index (χ1v) is 10.5. The summed E-state index contributed by atoms with van der Waals surface area (Å²) in [5, 5.41) is 0. The summed E-state index contributed by atoms with van der Waals surface area (Å²) in [5.74, 6) is 0. The Labute approximate surface area is 177 Å². The fourth-order valence-electron chi connectivity index (χ4n) is 3.55. The zero-order chi connectivity index (χ0) is 19.9. The van der Waals surface area contributed by atoms with E-state index in [-0.39, 0.29) is 0 Å². The highest BCUT2D eigenvalue weighted by atomic mass is 32.2. The van der Waals surface area contributed by atoms with Crippen LogP contribution in [0.15, 0.2) is 126 Å². The smallest absolute Gasteiger partial charge is 0.113 e. The highest BCUT2D eigenvalue weighted by molar-refractivity contribution is 7.99. The summed E-state index contributed by atoms with van der Waals surface area (Å²) in [6.45, 7) is 2.08. The van der Waals surface area contributed by atoms with Crippen molar-refractivity contribution in [1.82, 2.24) is 0 Å². The van der Waals surface area contributed by atoms with E-state index in [4.69, 9.17) is 4.40 Å². The standard InChI is InChI=1S/C27H23NS/c1-22(23-14-6-2-7-15-23)28-29-27(24-16-8-3-9-17-24,25-18-10-4-11-19-25)26-20-12-5-13-21-26/h2-21H,1H3/b28-22+. The minimum absolute atomic E-state index is 0.431. The van der Waals surface area contributed by atoms with Gasteiger partial charge in [0.25, 0.3) is 0 Å². The molecule has 0 radical (unpaired) electrons. The van der Waals surface area contributed by atoms with Crippen molar-refractivity contribution < 1.29 is 0 Å². The van der Waals surface area contributed by atoms with Crippen molar-refractivity contribution >= 4 is 17.7 Å². The Morgan fingerprint density at radius 3 is 1.28 bits per heavy atom. The number of benzene rings is 4. The van der Waals surface area contributed by atoms with Crippen LogP contribution < -0.4 is 0 Å². The highest BCUT2D eigenvalue weighted by Gasteiger charge is 2.37. The summed E-state index contributed by atoms with van der Waals surface area (Å²) in [7, 11) is 0. The first-order valence-electron chi connectivity index (χ1n) is 9.75. The van der Waals surface area contributed by atoms with Crippen LogP contribution in [0.25, 0.3) is 0 Å². The molecule has 4 rings (SSSR count). The normalized spacial score (nSPS) is 12.0. The number of hydrogen-bond acceptors (Lipinski definition) is 2. The molecule has 4 aromatic rings. The summed E-state index contributed by atoms with van der Waals surface area (Å²) >= 11 is 1.62. The molecule has 0 heterocycles. The van der Waals surface area contributed by atoms with E-state index in [0.717, 1.165) is 11.3 Å². The molecule has 0 fully saturated rings. The van der Waals surface area contributed by atoms with Gasteiger partial charge < -0.3 is 0 Å². The number of nitrogens with zero attached hydrogens (tertiary/aromatic N) is 1. The summed E-state index contributed by atoms with van der Waals surface area (Å²) in [6, 6.07) is 42.3. The Bertz CT molecular complexity index is 962. The monoisotopic (exact) mass is 393 g/mol. The van der Waals surface area contributed by atoms with E-state index in [1.165, 1.54) is 16.7 Å². The third-order valence-corrected chi connectivity index (χ3v) is 6.40. The quantitative estimate of drug-likeness (QED) is 0.193. The van der Waals surface area contributed by atoms with E-state index in [1.54, 1.807) is 11.9 Å². The maximum atomic E-state index is 5.03. The molecule has 0 unspecified atom stereocenters. The van der Waals surface area contributed by atoms with Gasteiger partial charge in [-0.15, -0.1) is 0 Å². The second-order valence-electron chi connectivity index (χ2n) is 6.91. The van der Waals surface area contributed by atoms with Crippen LogP contribution in [-0.4, -0.2) is 5.71 Å². The van der Waals surface area contributed by atoms with Crippen molar-refractivity contribution in [3.05, 3.63) is 144 Å². The van der Waals surface area contributed by atoms with Gasteiger partial charge in [0.15, 0.2) is 0 Å². The zero-order valence-electron chi connectivity index (χ0n) is 16.4. The Kier molecular flexibility index (Phi) is 5.92. The second-order valence-corrected chi connectivity index (χ2v) is 7.89. The third-order valence-electron chi connectivity index (χ3n) is 5.05. The molecular formula is C27H23NS. The average Bonchev–Trinajstić information content (AvgIpc) is 2.82. The zero-order valence-corrected chi connectivity index (χ0v) is 17.2. The second kappa shape index (κ2) is 8.93. The van der Waals surface area contributed by atoms with Gasteiger partial charge in [-0.3, -0.25) is 0 Å². The molecule has 4 aromatic carbocycles. The van der Waals surface area contributed by atoms with Gasteiger partial charge in [0.1, 0.15) is 4.75 Å². The molecule has 0 amide bonds. The van der Waals surface area contributed by atoms with Crippen molar-refractivity contribution in [3.63, 3.8) is 0 Å². The number of rotatable bonds is 6. The van der Waals surface area contributed by atoms with Crippen LogP contribution in [0.5, 0.6) is 0 Å². The predicted molar refractivity (Wildman–Crippen MR) is 125 cm³/mol. The molecule has 0 aliphatic carbocycles. The van der Waals surface area contributed by atoms with Crippen LogP contribution >= 0.6 is 11.9 Å². The molecule has 1 nitrogen and oxygen atoms in total. The summed E-state index contributed by atoms with van der Waals surface area (Å²) < 4.78 is 4.60. The van der Waals surface area contributed by atoms with Crippen molar-refractivity contribution in [2.45, 2.75) is 11.7 Å². The summed E-state index contributed by atoms with van der Waals surface area (Å²) in [5.41, 5.74) is 5.80. The molecule has 0 spiro atoms. The topological polar surface area (TPSA) is 12.4 Å². The van der Waals surface area contributed by atoms with Gasteiger partial charge in [-0.05, 0) is 41.1 Å². The Morgan fingerprint density at radius 2 is 0.897 bits per heavy atom. The minimum Gasteiger partial charge on any atom is -0.219 e. The van der Waals surface area contributed by atoms with Crippen LogP contribution in [-0.2, 0) is 4.75 Å². The van der Waals surface area contributed by atoms with E-state index < -0.39 is 4.75 Å². The molecule has 0 aliphatic rings. The lowest BCUT2D eigenvalue weighted by atomic mass is 9.84. The predicted octanol–water partition coefficient (Wildman–Crippen LogP) is 7.14. The van der Waals surface area contributed by atoms with E-state index in [0.29, 0.717) is 0 Å². The molecule has 29 heavy (non-hydrogen) atoms. The Balaban J connectivity index is 1.91. The largest absolute Gasteiger partial charge is 0.219 e. The highest BCUT2D eigenvalue weighted by Crippen LogP contribution is 2.49. The average molecular weight is 394 g/mol. The van der Waals surface area contributed by atoms with Crippen LogP contribution in [0, 0.1) is 0 Å². The molecule has 0 aliphatic heterocycles. The Hall–Kier alpha value is -3.10. The van der Waals surface area contributed by atoms with Crippen molar-refractivity contribution in [3.8, 4) is 0 Å². The SMILES string of the molecule is C/C(=N\SC(c1ccccc1)(c1ccccc1)c1ccccc1)c1ccccc1. The molecule has 0 N–H and O–H groups in total. The van der Waals surface area contributed by atoms with Crippen LogP contribution in [0.2, 0.25) is 0 Å². The molecule has 0 atom stereocenters. The fraction of sp³-hybridized carbons (Fsp3) is 0.0741. The van der Waals surface area contributed by atoms with Crippen LogP contribution in [0.4, 0.5) is 0 Å². The lowest BCUT2D eigenvalue weighted by Crippen LogP contribution is -2.25. The summed E-state index contributed by atoms with van der Waals surface area (Å²) in [6.07, 6.45) is 0. The van der Waals surface area contributed by atoms with E-state index in [2.05, 4.69) is 122 Å². The lowest BCUT2D eigenvalue weighted by molar-refractivity contribution is 0.896. The maximum absolute atomic E-state index is 5.03. The van der Waals surface area contributed by atoms with Gasteiger partial charge >= 0.3 is 0 Å². The van der Waals surface area contributed by atoms with Gasteiger partial charge in [-0.2, -0.15) is 0 Å². The van der Waals surface area contributed by atoms with Gasteiger partial charge in [0, 0.05) is 0 Å². The van der Waals surface area contributed by atoms with Crippen LogP contribution in [0.3, 0.4) is 0 Å². The molecule has 0 bridgehead atoms. The van der Waals surface area contributed by atoms with E-state index in [9.17, 15) is 0 Å². The van der Waals surface area contributed by atoms with E-state index >= 15 is 0 Å². The molecule has 0 saturated heterocycles. The molecule has 2 heteroatoms. The maximum Gasteiger partial charge on any atom is 0.113 e. The van der Waals surface area contributed by atoms with Crippen LogP contribution in [0.1, 0.15) is 29.2 Å². The molecular weight excluding hydrogens is 370 g/mol. The first kappa shape index (κ1) is 19.2. The minimum atomic E-state index is -0.431. The van der Waals surface area contributed by atoms with Gasteiger partial charge in [-0.25, -0.2) is 4.40 Å².